The van der Waals surface area contributed by atoms with Crippen LogP contribution in [0, 0.1) is 11.3 Å². The van der Waals surface area contributed by atoms with E-state index in [0.29, 0.717) is 35.0 Å². The molecule has 0 saturated carbocycles. The first kappa shape index (κ1) is 22.6. The molecule has 0 fully saturated rings. The summed E-state index contributed by atoms with van der Waals surface area (Å²) in [5.74, 6) is 0.459. The number of amides is 1. The van der Waals surface area contributed by atoms with Gasteiger partial charge in [0, 0.05) is 12.2 Å². The Kier molecular flexibility index (Phi) is 7.05. The second kappa shape index (κ2) is 10.3. The monoisotopic (exact) mass is 460 g/mol. The first-order valence-corrected chi connectivity index (χ1v) is 11.9. The summed E-state index contributed by atoms with van der Waals surface area (Å²) in [4.78, 5) is 25.6. The molecule has 8 nitrogen and oxygen atoms in total. The van der Waals surface area contributed by atoms with E-state index < -0.39 is 0 Å². The largest absolute Gasteiger partial charge is 0.325 e. The van der Waals surface area contributed by atoms with E-state index in [-0.39, 0.29) is 17.2 Å². The molecule has 0 aliphatic rings. The Labute approximate surface area is 195 Å². The first-order chi connectivity index (χ1) is 16.1. The van der Waals surface area contributed by atoms with Crippen molar-refractivity contribution in [3.05, 3.63) is 64.4 Å². The van der Waals surface area contributed by atoms with Crippen molar-refractivity contribution < 1.29 is 4.79 Å². The number of nitrogens with one attached hydrogen (secondary N) is 1. The molecule has 9 heteroatoms. The van der Waals surface area contributed by atoms with E-state index in [9.17, 15) is 9.59 Å². The lowest BCUT2D eigenvalue weighted by Gasteiger charge is -2.11. The smallest absolute Gasteiger partial charge is 0.262 e. The molecule has 168 valence electrons. The molecular weight excluding hydrogens is 436 g/mol. The predicted octanol–water partition coefficient (Wildman–Crippen LogP) is 4.03. The summed E-state index contributed by atoms with van der Waals surface area (Å²) >= 11 is 1.27. The lowest BCUT2D eigenvalue weighted by Crippen LogP contribution is -2.23. The summed E-state index contributed by atoms with van der Waals surface area (Å²) in [5.41, 5.74) is 2.22. The molecule has 1 N–H and O–H groups in total. The van der Waals surface area contributed by atoms with E-state index in [1.54, 1.807) is 16.7 Å². The van der Waals surface area contributed by atoms with E-state index in [2.05, 4.69) is 28.5 Å². The minimum absolute atomic E-state index is 0.0734. The quantitative estimate of drug-likeness (QED) is 0.299. The highest BCUT2D eigenvalue weighted by Gasteiger charge is 2.17. The summed E-state index contributed by atoms with van der Waals surface area (Å²) < 4.78 is 3.54. The Hall–Kier alpha value is -3.64. The Morgan fingerprint density at radius 2 is 1.91 bits per heavy atom. The molecule has 0 aliphatic carbocycles. The summed E-state index contributed by atoms with van der Waals surface area (Å²) in [6.45, 7) is 2.70. The van der Waals surface area contributed by atoms with Gasteiger partial charge in [0.2, 0.25) is 11.7 Å². The van der Waals surface area contributed by atoms with Crippen LogP contribution in [-0.4, -0.2) is 30.8 Å². The molecular formula is C24H24N6O2S. The van der Waals surface area contributed by atoms with Gasteiger partial charge in [-0.05, 0) is 36.2 Å². The van der Waals surface area contributed by atoms with Crippen LogP contribution < -0.4 is 10.9 Å². The highest BCUT2D eigenvalue weighted by molar-refractivity contribution is 7.99. The van der Waals surface area contributed by atoms with Gasteiger partial charge in [0.05, 0.1) is 29.1 Å². The van der Waals surface area contributed by atoms with Gasteiger partial charge in [0.1, 0.15) is 0 Å². The Morgan fingerprint density at radius 1 is 1.12 bits per heavy atom. The third-order valence-electron chi connectivity index (χ3n) is 5.32. The molecule has 0 radical (unpaired) electrons. The third-order valence-corrected chi connectivity index (χ3v) is 6.25. The first-order valence-electron chi connectivity index (χ1n) is 10.9. The zero-order valence-corrected chi connectivity index (χ0v) is 19.1. The molecule has 2 aromatic heterocycles. The van der Waals surface area contributed by atoms with Crippen LogP contribution in [0.3, 0.4) is 0 Å². The van der Waals surface area contributed by atoms with Gasteiger partial charge in [-0.2, -0.15) is 5.26 Å². The van der Waals surface area contributed by atoms with Gasteiger partial charge in [-0.15, -0.1) is 10.2 Å². The zero-order chi connectivity index (χ0) is 23.2. The van der Waals surface area contributed by atoms with Gasteiger partial charge in [-0.25, -0.2) is 0 Å². The Morgan fingerprint density at radius 3 is 2.67 bits per heavy atom. The van der Waals surface area contributed by atoms with E-state index in [1.165, 1.54) is 11.8 Å². The number of fused-ring (bicyclic) bond motifs is 3. The van der Waals surface area contributed by atoms with Crippen molar-refractivity contribution in [2.45, 2.75) is 44.3 Å². The van der Waals surface area contributed by atoms with Crippen molar-refractivity contribution >= 4 is 40.0 Å². The second-order valence-electron chi connectivity index (χ2n) is 7.67. The van der Waals surface area contributed by atoms with Gasteiger partial charge < -0.3 is 5.32 Å². The number of aromatic nitrogens is 4. The van der Waals surface area contributed by atoms with E-state index in [0.717, 1.165) is 30.3 Å². The van der Waals surface area contributed by atoms with Crippen molar-refractivity contribution in [2.75, 3.05) is 11.1 Å². The molecule has 0 spiro atoms. The standard InChI is InChI=1S/C24H24N6O2S/c1-2-3-6-15-29-22(32)19-7-4-5-8-20(19)30-23(29)27-28-24(30)33-16-21(31)26-18-11-9-17(10-12-18)13-14-25/h4-5,7-12H,2-3,6,13,15-16H2,1H3,(H,26,31). The van der Waals surface area contributed by atoms with Crippen LogP contribution in [0.5, 0.6) is 0 Å². The molecule has 4 rings (SSSR count). The topological polar surface area (TPSA) is 105 Å². The van der Waals surface area contributed by atoms with Crippen molar-refractivity contribution in [3.63, 3.8) is 0 Å². The van der Waals surface area contributed by atoms with Crippen LogP contribution in [0.4, 0.5) is 5.69 Å². The average molecular weight is 461 g/mol. The number of thioether (sulfide) groups is 1. The van der Waals surface area contributed by atoms with Gasteiger partial charge in [-0.1, -0.05) is 55.8 Å². The Bertz CT molecular complexity index is 1380. The molecule has 2 aromatic carbocycles. The molecule has 33 heavy (non-hydrogen) atoms. The zero-order valence-electron chi connectivity index (χ0n) is 18.3. The van der Waals surface area contributed by atoms with E-state index in [1.807, 2.05) is 40.8 Å². The number of rotatable bonds is 9. The number of nitriles is 1. The second-order valence-corrected chi connectivity index (χ2v) is 8.61. The lowest BCUT2D eigenvalue weighted by molar-refractivity contribution is -0.113. The number of aryl methyl sites for hydroxylation is 1. The van der Waals surface area contributed by atoms with Crippen LogP contribution in [-0.2, 0) is 17.8 Å². The Balaban J connectivity index is 1.57. The molecule has 2 heterocycles. The number of unbranched alkanes of at least 4 members (excludes halogenated alkanes) is 2. The van der Waals surface area contributed by atoms with Crippen LogP contribution in [0.1, 0.15) is 31.7 Å². The fourth-order valence-electron chi connectivity index (χ4n) is 3.67. The molecule has 1 amide bonds. The van der Waals surface area contributed by atoms with Gasteiger partial charge in [-0.3, -0.25) is 18.6 Å². The van der Waals surface area contributed by atoms with Crippen molar-refractivity contribution in [3.8, 4) is 6.07 Å². The van der Waals surface area contributed by atoms with Crippen LogP contribution in [0.25, 0.3) is 16.7 Å². The number of nitrogens with zero attached hydrogens (tertiary/aromatic N) is 5. The summed E-state index contributed by atoms with van der Waals surface area (Å²) in [6.07, 6.45) is 3.30. The maximum absolute atomic E-state index is 13.1. The molecule has 0 bridgehead atoms. The fraction of sp³-hybridized carbons (Fsp3) is 0.292. The number of anilines is 1. The van der Waals surface area contributed by atoms with Crippen molar-refractivity contribution in [1.82, 2.24) is 19.2 Å². The SMILES string of the molecule is CCCCCn1c(=O)c2ccccc2n2c(SCC(=O)Nc3ccc(CC#N)cc3)nnc12. The maximum atomic E-state index is 13.1. The normalized spacial score (nSPS) is 11.0. The number of carbonyl (C=O) groups excluding carboxylic acids is 1. The van der Waals surface area contributed by atoms with Gasteiger partial charge in [0.15, 0.2) is 5.16 Å². The van der Waals surface area contributed by atoms with Crippen LogP contribution in [0.2, 0.25) is 0 Å². The molecule has 0 aliphatic heterocycles. The molecule has 0 atom stereocenters. The van der Waals surface area contributed by atoms with Crippen molar-refractivity contribution in [2.24, 2.45) is 0 Å². The molecule has 0 unspecified atom stereocenters. The summed E-state index contributed by atoms with van der Waals surface area (Å²) in [5, 5.41) is 21.4. The van der Waals surface area contributed by atoms with E-state index in [4.69, 9.17) is 5.26 Å². The molecule has 0 saturated heterocycles. The van der Waals surface area contributed by atoms with E-state index >= 15 is 0 Å². The number of carbonyl (C=O) groups is 1. The van der Waals surface area contributed by atoms with Crippen LogP contribution in [0.15, 0.2) is 58.5 Å². The highest BCUT2D eigenvalue weighted by atomic mass is 32.2. The van der Waals surface area contributed by atoms with Gasteiger partial charge in [0.25, 0.3) is 5.56 Å². The lowest BCUT2D eigenvalue weighted by atomic mass is 10.1. The number of hydrogen-bond acceptors (Lipinski definition) is 6. The molecule has 4 aromatic rings. The summed E-state index contributed by atoms with van der Waals surface area (Å²) in [6, 6.07) is 16.7. The number of para-hydroxylation sites is 1. The van der Waals surface area contributed by atoms with Gasteiger partial charge >= 0.3 is 0 Å². The number of hydrogen-bond donors (Lipinski definition) is 1. The van der Waals surface area contributed by atoms with Crippen molar-refractivity contribution in [1.29, 1.82) is 5.26 Å². The fourth-order valence-corrected chi connectivity index (χ4v) is 4.41. The minimum atomic E-state index is -0.176. The predicted molar refractivity (Wildman–Crippen MR) is 129 cm³/mol. The maximum Gasteiger partial charge on any atom is 0.262 e. The average Bonchev–Trinajstić information content (AvgIpc) is 3.25. The number of benzene rings is 2. The minimum Gasteiger partial charge on any atom is -0.325 e. The highest BCUT2D eigenvalue weighted by Crippen LogP contribution is 2.22. The van der Waals surface area contributed by atoms with Crippen LogP contribution >= 0.6 is 11.8 Å². The summed E-state index contributed by atoms with van der Waals surface area (Å²) in [7, 11) is 0. The third kappa shape index (κ3) is 4.91.